The third-order valence-electron chi connectivity index (χ3n) is 2.59. The molecule has 0 amide bonds. The van der Waals surface area contributed by atoms with E-state index in [-0.39, 0.29) is 6.04 Å². The normalized spacial score (nSPS) is 18.4. The van der Waals surface area contributed by atoms with Crippen LogP contribution < -0.4 is 5.73 Å². The number of hydrogen-bond donors (Lipinski definition) is 1. The van der Waals surface area contributed by atoms with Crippen LogP contribution >= 0.6 is 0 Å². The molecule has 1 unspecified atom stereocenters. The zero-order chi connectivity index (χ0) is 9.97. The van der Waals surface area contributed by atoms with Crippen LogP contribution in [0.3, 0.4) is 0 Å². The molecule has 1 saturated carbocycles. The van der Waals surface area contributed by atoms with Gasteiger partial charge < -0.3 is 15.0 Å². The molecule has 0 aromatic carbocycles. The monoisotopic (exact) mass is 194 g/mol. The van der Waals surface area contributed by atoms with Crippen molar-refractivity contribution in [2.45, 2.75) is 32.5 Å². The fraction of sp³-hybridized carbons (Fsp3) is 0.636. The van der Waals surface area contributed by atoms with E-state index in [2.05, 4.69) is 6.20 Å². The predicted molar refractivity (Wildman–Crippen MR) is 55.7 cm³/mol. The van der Waals surface area contributed by atoms with Crippen molar-refractivity contribution in [3.8, 4) is 0 Å². The van der Waals surface area contributed by atoms with Crippen LogP contribution in [0.5, 0.6) is 0 Å². The van der Waals surface area contributed by atoms with Crippen molar-refractivity contribution < 1.29 is 4.74 Å². The first-order chi connectivity index (χ1) is 6.75. The first-order valence-electron chi connectivity index (χ1n) is 5.24. The van der Waals surface area contributed by atoms with Crippen molar-refractivity contribution in [3.05, 3.63) is 24.0 Å². The fourth-order valence-corrected chi connectivity index (χ4v) is 1.42. The molecule has 1 aromatic heterocycles. The second-order valence-corrected chi connectivity index (χ2v) is 4.19. The topological polar surface area (TPSA) is 40.2 Å². The van der Waals surface area contributed by atoms with Gasteiger partial charge in [0, 0.05) is 18.4 Å². The van der Waals surface area contributed by atoms with Crippen LogP contribution in [0.1, 0.15) is 31.4 Å². The number of aromatic nitrogens is 1. The molecule has 0 bridgehead atoms. The van der Waals surface area contributed by atoms with E-state index in [1.165, 1.54) is 18.4 Å². The molecule has 0 aliphatic heterocycles. The van der Waals surface area contributed by atoms with Crippen LogP contribution in [0.25, 0.3) is 0 Å². The van der Waals surface area contributed by atoms with Crippen molar-refractivity contribution in [1.29, 1.82) is 0 Å². The van der Waals surface area contributed by atoms with E-state index in [0.29, 0.717) is 6.73 Å². The standard InChI is InChI=1S/C11H18N2O/c1-9(12)11-4-5-13(6-11)8-14-7-10-2-3-10/h4-6,9-10H,2-3,7-8,12H2,1H3. The molecule has 1 aromatic rings. The Kier molecular flexibility index (Phi) is 2.89. The van der Waals surface area contributed by atoms with Crippen molar-refractivity contribution in [2.75, 3.05) is 6.61 Å². The summed E-state index contributed by atoms with van der Waals surface area (Å²) in [7, 11) is 0. The highest BCUT2D eigenvalue weighted by molar-refractivity contribution is 5.13. The molecule has 1 aliphatic carbocycles. The molecule has 2 N–H and O–H groups in total. The van der Waals surface area contributed by atoms with Crippen LogP contribution in [0.2, 0.25) is 0 Å². The van der Waals surface area contributed by atoms with Crippen LogP contribution in [0.4, 0.5) is 0 Å². The van der Waals surface area contributed by atoms with Gasteiger partial charge in [-0.25, -0.2) is 0 Å². The van der Waals surface area contributed by atoms with Crippen molar-refractivity contribution in [2.24, 2.45) is 11.7 Å². The van der Waals surface area contributed by atoms with E-state index < -0.39 is 0 Å². The Morgan fingerprint density at radius 3 is 3.00 bits per heavy atom. The summed E-state index contributed by atoms with van der Waals surface area (Å²) in [5.74, 6) is 0.832. The molecule has 1 atom stereocenters. The molecule has 1 aliphatic rings. The third kappa shape index (κ3) is 2.59. The predicted octanol–water partition coefficient (Wildman–Crippen LogP) is 1.89. The Morgan fingerprint density at radius 1 is 1.64 bits per heavy atom. The van der Waals surface area contributed by atoms with E-state index in [1.807, 2.05) is 23.8 Å². The molecule has 14 heavy (non-hydrogen) atoms. The number of nitrogens with two attached hydrogens (primary N) is 1. The molecular weight excluding hydrogens is 176 g/mol. The van der Waals surface area contributed by atoms with Gasteiger partial charge in [0.1, 0.15) is 6.73 Å². The number of nitrogens with zero attached hydrogens (tertiary/aromatic N) is 1. The van der Waals surface area contributed by atoms with Crippen molar-refractivity contribution >= 4 is 0 Å². The smallest absolute Gasteiger partial charge is 0.122 e. The van der Waals surface area contributed by atoms with Gasteiger partial charge in [0.05, 0.1) is 6.61 Å². The molecule has 78 valence electrons. The fourth-order valence-electron chi connectivity index (χ4n) is 1.42. The Bertz CT molecular complexity index is 289. The minimum absolute atomic E-state index is 0.111. The highest BCUT2D eigenvalue weighted by atomic mass is 16.5. The zero-order valence-corrected chi connectivity index (χ0v) is 8.65. The van der Waals surface area contributed by atoms with E-state index in [4.69, 9.17) is 10.5 Å². The summed E-state index contributed by atoms with van der Waals surface area (Å²) in [6, 6.07) is 2.16. The van der Waals surface area contributed by atoms with Crippen LogP contribution in [0, 0.1) is 5.92 Å². The largest absolute Gasteiger partial charge is 0.361 e. The summed E-state index contributed by atoms with van der Waals surface area (Å²) >= 11 is 0. The first-order valence-corrected chi connectivity index (χ1v) is 5.24. The molecule has 1 fully saturated rings. The lowest BCUT2D eigenvalue weighted by Crippen LogP contribution is -2.05. The van der Waals surface area contributed by atoms with Gasteiger partial charge in [-0.15, -0.1) is 0 Å². The quantitative estimate of drug-likeness (QED) is 0.777. The van der Waals surface area contributed by atoms with Crippen LogP contribution in [0.15, 0.2) is 18.5 Å². The molecule has 3 heteroatoms. The number of ether oxygens (including phenoxy) is 1. The molecule has 3 nitrogen and oxygen atoms in total. The highest BCUT2D eigenvalue weighted by Crippen LogP contribution is 2.28. The highest BCUT2D eigenvalue weighted by Gasteiger charge is 2.20. The van der Waals surface area contributed by atoms with Gasteiger partial charge in [0.25, 0.3) is 0 Å². The van der Waals surface area contributed by atoms with Gasteiger partial charge in [-0.2, -0.15) is 0 Å². The van der Waals surface area contributed by atoms with Crippen molar-refractivity contribution in [3.63, 3.8) is 0 Å². The lowest BCUT2D eigenvalue weighted by atomic mass is 10.2. The average Bonchev–Trinajstić information content (AvgIpc) is 2.82. The van der Waals surface area contributed by atoms with Gasteiger partial charge in [-0.3, -0.25) is 0 Å². The number of rotatable bonds is 5. The van der Waals surface area contributed by atoms with Gasteiger partial charge in [0.2, 0.25) is 0 Å². The first kappa shape index (κ1) is 9.74. The third-order valence-corrected chi connectivity index (χ3v) is 2.59. The lowest BCUT2D eigenvalue weighted by Gasteiger charge is -2.04. The van der Waals surface area contributed by atoms with Crippen LogP contribution in [-0.4, -0.2) is 11.2 Å². The Balaban J connectivity index is 1.77. The molecule has 0 saturated heterocycles. The van der Waals surface area contributed by atoms with Gasteiger partial charge in [-0.1, -0.05) is 0 Å². The molecular formula is C11H18N2O. The molecule has 0 radical (unpaired) electrons. The molecule has 0 spiro atoms. The summed E-state index contributed by atoms with van der Waals surface area (Å²) in [6.45, 7) is 3.56. The van der Waals surface area contributed by atoms with Gasteiger partial charge >= 0.3 is 0 Å². The zero-order valence-electron chi connectivity index (χ0n) is 8.65. The lowest BCUT2D eigenvalue weighted by molar-refractivity contribution is 0.0692. The van der Waals surface area contributed by atoms with Gasteiger partial charge in [-0.05, 0) is 37.3 Å². The maximum atomic E-state index is 5.76. The number of hydrogen-bond acceptors (Lipinski definition) is 2. The minimum Gasteiger partial charge on any atom is -0.361 e. The van der Waals surface area contributed by atoms with E-state index >= 15 is 0 Å². The minimum atomic E-state index is 0.111. The molecule has 2 rings (SSSR count). The summed E-state index contributed by atoms with van der Waals surface area (Å²) < 4.78 is 7.60. The summed E-state index contributed by atoms with van der Waals surface area (Å²) in [4.78, 5) is 0. The average molecular weight is 194 g/mol. The summed E-state index contributed by atoms with van der Waals surface area (Å²) in [6.07, 6.45) is 6.76. The summed E-state index contributed by atoms with van der Waals surface area (Å²) in [5, 5.41) is 0. The second-order valence-electron chi connectivity index (χ2n) is 4.19. The van der Waals surface area contributed by atoms with E-state index in [9.17, 15) is 0 Å². The Hall–Kier alpha value is -0.800. The maximum absolute atomic E-state index is 5.76. The molecule has 1 heterocycles. The van der Waals surface area contributed by atoms with Crippen molar-refractivity contribution in [1.82, 2.24) is 4.57 Å². The Labute approximate surface area is 84.9 Å². The van der Waals surface area contributed by atoms with Gasteiger partial charge in [0.15, 0.2) is 0 Å². The summed E-state index contributed by atoms with van der Waals surface area (Å²) in [5.41, 5.74) is 6.93. The Morgan fingerprint density at radius 2 is 2.43 bits per heavy atom. The maximum Gasteiger partial charge on any atom is 0.122 e. The van der Waals surface area contributed by atoms with Crippen LogP contribution in [-0.2, 0) is 11.5 Å². The SMILES string of the molecule is CC(N)c1ccn(COCC2CC2)c1. The van der Waals surface area contributed by atoms with E-state index in [0.717, 1.165) is 12.5 Å². The second kappa shape index (κ2) is 4.15. The van der Waals surface area contributed by atoms with E-state index in [1.54, 1.807) is 0 Å².